The van der Waals surface area contributed by atoms with Crippen molar-refractivity contribution >= 4 is 11.6 Å². The van der Waals surface area contributed by atoms with Crippen molar-refractivity contribution in [3.8, 4) is 0 Å². The minimum Gasteiger partial charge on any atom is -0.328 e. The molecule has 0 bridgehead atoms. The summed E-state index contributed by atoms with van der Waals surface area (Å²) in [4.78, 5) is 2.49. The molecule has 1 heterocycles. The summed E-state index contributed by atoms with van der Waals surface area (Å²) >= 11 is 5.97. The lowest BCUT2D eigenvalue weighted by molar-refractivity contribution is 0.308. The van der Waals surface area contributed by atoms with Crippen molar-refractivity contribution in [3.63, 3.8) is 0 Å². The molecule has 2 unspecified atom stereocenters. The van der Waals surface area contributed by atoms with Crippen molar-refractivity contribution in [1.29, 1.82) is 0 Å². The van der Waals surface area contributed by atoms with E-state index >= 15 is 0 Å². The first-order valence-electron chi connectivity index (χ1n) is 6.29. The number of benzene rings is 1. The van der Waals surface area contributed by atoms with Gasteiger partial charge in [0.2, 0.25) is 0 Å². The molecule has 17 heavy (non-hydrogen) atoms. The molecule has 1 saturated heterocycles. The number of aryl methyl sites for hydroxylation is 1. The molecule has 0 amide bonds. The van der Waals surface area contributed by atoms with Crippen molar-refractivity contribution in [2.45, 2.75) is 32.9 Å². The lowest BCUT2D eigenvalue weighted by Gasteiger charge is -2.19. The van der Waals surface area contributed by atoms with Crippen molar-refractivity contribution in [1.82, 2.24) is 4.90 Å². The monoisotopic (exact) mass is 252 g/mol. The smallest absolute Gasteiger partial charge is 0.0408 e. The quantitative estimate of drug-likeness (QED) is 0.897. The van der Waals surface area contributed by atoms with Crippen LogP contribution in [0.1, 0.15) is 24.5 Å². The lowest BCUT2D eigenvalue weighted by Crippen LogP contribution is -2.29. The van der Waals surface area contributed by atoms with Gasteiger partial charge in [-0.2, -0.15) is 0 Å². The van der Waals surface area contributed by atoms with E-state index in [-0.39, 0.29) is 0 Å². The third-order valence-electron chi connectivity index (χ3n) is 3.75. The summed E-state index contributed by atoms with van der Waals surface area (Å²) in [6.07, 6.45) is 1.23. The Hall–Kier alpha value is -0.570. The van der Waals surface area contributed by atoms with Crippen LogP contribution in [0.5, 0.6) is 0 Å². The van der Waals surface area contributed by atoms with Gasteiger partial charge in [0.25, 0.3) is 0 Å². The van der Waals surface area contributed by atoms with Gasteiger partial charge in [-0.3, -0.25) is 4.90 Å². The predicted octanol–water partition coefficient (Wildman–Crippen LogP) is 2.82. The zero-order chi connectivity index (χ0) is 12.4. The molecule has 1 aliphatic heterocycles. The summed E-state index contributed by atoms with van der Waals surface area (Å²) in [5, 5.41) is 0.820. The Morgan fingerprint density at radius 3 is 2.88 bits per heavy atom. The van der Waals surface area contributed by atoms with Gasteiger partial charge < -0.3 is 5.73 Å². The van der Waals surface area contributed by atoms with E-state index in [0.29, 0.717) is 12.0 Å². The van der Waals surface area contributed by atoms with Crippen molar-refractivity contribution < 1.29 is 0 Å². The van der Waals surface area contributed by atoms with E-state index in [0.717, 1.165) is 24.7 Å². The summed E-state index contributed by atoms with van der Waals surface area (Å²) in [7, 11) is 0. The topological polar surface area (TPSA) is 29.3 Å². The van der Waals surface area contributed by atoms with Gasteiger partial charge in [-0.1, -0.05) is 17.7 Å². The van der Waals surface area contributed by atoms with Crippen LogP contribution in [0.25, 0.3) is 0 Å². The Morgan fingerprint density at radius 2 is 2.29 bits per heavy atom. The standard InChI is InChI=1S/C14H21ClN2/c1-10-7-14(15)4-3-12(10)8-17-6-5-13(9-17)11(2)16/h3-4,7,11,13H,5-6,8-9,16H2,1-2H3. The number of halogens is 1. The van der Waals surface area contributed by atoms with Gasteiger partial charge in [0.1, 0.15) is 0 Å². The normalized spacial score (nSPS) is 22.9. The molecule has 2 nitrogen and oxygen atoms in total. The molecule has 1 aromatic rings. The molecule has 0 aromatic heterocycles. The van der Waals surface area contributed by atoms with E-state index in [2.05, 4.69) is 24.8 Å². The Kier molecular flexibility index (Phi) is 4.08. The van der Waals surface area contributed by atoms with Crippen LogP contribution in [0.3, 0.4) is 0 Å². The van der Waals surface area contributed by atoms with Gasteiger partial charge in [-0.05, 0) is 56.0 Å². The van der Waals surface area contributed by atoms with Crippen molar-refractivity contribution in [2.24, 2.45) is 11.7 Å². The fourth-order valence-electron chi connectivity index (χ4n) is 2.51. The highest BCUT2D eigenvalue weighted by Crippen LogP contribution is 2.23. The van der Waals surface area contributed by atoms with Crippen molar-refractivity contribution in [2.75, 3.05) is 13.1 Å². The van der Waals surface area contributed by atoms with Crippen LogP contribution in [0.2, 0.25) is 5.02 Å². The Morgan fingerprint density at radius 1 is 1.53 bits per heavy atom. The maximum absolute atomic E-state index is 5.97. The first kappa shape index (κ1) is 12.9. The van der Waals surface area contributed by atoms with E-state index in [9.17, 15) is 0 Å². The second kappa shape index (κ2) is 5.38. The molecule has 94 valence electrons. The molecule has 3 heteroatoms. The van der Waals surface area contributed by atoms with Gasteiger partial charge in [0.15, 0.2) is 0 Å². The van der Waals surface area contributed by atoms with E-state index < -0.39 is 0 Å². The molecule has 1 aromatic carbocycles. The maximum Gasteiger partial charge on any atom is 0.0408 e. The highest BCUT2D eigenvalue weighted by atomic mass is 35.5. The van der Waals surface area contributed by atoms with Crippen LogP contribution in [-0.2, 0) is 6.54 Å². The van der Waals surface area contributed by atoms with Crippen LogP contribution in [-0.4, -0.2) is 24.0 Å². The van der Waals surface area contributed by atoms with Gasteiger partial charge in [-0.15, -0.1) is 0 Å². The summed E-state index contributed by atoms with van der Waals surface area (Å²) in [5.74, 6) is 0.655. The number of rotatable bonds is 3. The van der Waals surface area contributed by atoms with Gasteiger partial charge in [0, 0.05) is 24.2 Å². The second-order valence-corrected chi connectivity index (χ2v) is 5.65. The second-order valence-electron chi connectivity index (χ2n) is 5.21. The molecule has 1 fully saturated rings. The molecule has 2 N–H and O–H groups in total. The number of likely N-dealkylation sites (tertiary alicyclic amines) is 1. The summed E-state index contributed by atoms with van der Waals surface area (Å²) in [5.41, 5.74) is 8.61. The maximum atomic E-state index is 5.97. The fraction of sp³-hybridized carbons (Fsp3) is 0.571. The largest absolute Gasteiger partial charge is 0.328 e. The fourth-order valence-corrected chi connectivity index (χ4v) is 2.74. The molecule has 0 saturated carbocycles. The van der Waals surface area contributed by atoms with Gasteiger partial charge in [-0.25, -0.2) is 0 Å². The Labute approximate surface area is 109 Å². The third-order valence-corrected chi connectivity index (χ3v) is 3.99. The van der Waals surface area contributed by atoms with Crippen molar-refractivity contribution in [3.05, 3.63) is 34.3 Å². The first-order valence-corrected chi connectivity index (χ1v) is 6.67. The number of hydrogen-bond donors (Lipinski definition) is 1. The van der Waals surface area contributed by atoms with Crippen LogP contribution >= 0.6 is 11.6 Å². The molecule has 1 aliphatic rings. The first-order chi connectivity index (χ1) is 8.06. The molecule has 0 radical (unpaired) electrons. The predicted molar refractivity (Wildman–Crippen MR) is 73.2 cm³/mol. The number of nitrogens with two attached hydrogens (primary N) is 1. The zero-order valence-electron chi connectivity index (χ0n) is 10.6. The van der Waals surface area contributed by atoms with E-state index in [1.165, 1.54) is 17.5 Å². The zero-order valence-corrected chi connectivity index (χ0v) is 11.4. The molecule has 2 atom stereocenters. The molecular formula is C14H21ClN2. The van der Waals surface area contributed by atoms with Crippen LogP contribution < -0.4 is 5.73 Å². The molecule has 0 spiro atoms. The van der Waals surface area contributed by atoms with Gasteiger partial charge >= 0.3 is 0 Å². The van der Waals surface area contributed by atoms with E-state index in [1.54, 1.807) is 0 Å². The van der Waals surface area contributed by atoms with Crippen LogP contribution in [0.15, 0.2) is 18.2 Å². The van der Waals surface area contributed by atoms with Crippen LogP contribution in [0, 0.1) is 12.8 Å². The Bertz CT molecular complexity index is 390. The van der Waals surface area contributed by atoms with Crippen LogP contribution in [0.4, 0.5) is 0 Å². The SMILES string of the molecule is Cc1cc(Cl)ccc1CN1CCC(C(C)N)C1. The van der Waals surface area contributed by atoms with E-state index in [1.807, 2.05) is 12.1 Å². The summed E-state index contributed by atoms with van der Waals surface area (Å²) in [6, 6.07) is 6.46. The third kappa shape index (κ3) is 3.21. The molecule has 0 aliphatic carbocycles. The number of nitrogens with zero attached hydrogens (tertiary/aromatic N) is 1. The summed E-state index contributed by atoms with van der Waals surface area (Å²) < 4.78 is 0. The van der Waals surface area contributed by atoms with E-state index in [4.69, 9.17) is 17.3 Å². The number of hydrogen-bond acceptors (Lipinski definition) is 2. The lowest BCUT2D eigenvalue weighted by atomic mass is 10.0. The Balaban J connectivity index is 1.98. The minimum absolute atomic E-state index is 0.311. The molecule has 2 rings (SSSR count). The average molecular weight is 253 g/mol. The minimum atomic E-state index is 0.311. The highest BCUT2D eigenvalue weighted by molar-refractivity contribution is 6.30. The highest BCUT2D eigenvalue weighted by Gasteiger charge is 2.25. The average Bonchev–Trinajstić information content (AvgIpc) is 2.71. The molecular weight excluding hydrogens is 232 g/mol. The van der Waals surface area contributed by atoms with Gasteiger partial charge in [0.05, 0.1) is 0 Å². The summed E-state index contributed by atoms with van der Waals surface area (Å²) in [6.45, 7) is 7.54.